The lowest BCUT2D eigenvalue weighted by molar-refractivity contribution is -0.146. The Morgan fingerprint density at radius 2 is 1.93 bits per heavy atom. The molecule has 164 valence electrons. The van der Waals surface area contributed by atoms with Gasteiger partial charge in [-0.15, -0.1) is 0 Å². The molecule has 1 aromatic rings. The Labute approximate surface area is 180 Å². The van der Waals surface area contributed by atoms with Crippen LogP contribution in [0.4, 0.5) is 5.69 Å². The molecule has 2 amide bonds. The maximum atomic E-state index is 12.2. The summed E-state index contributed by atoms with van der Waals surface area (Å²) in [6.07, 6.45) is 1.98. The highest BCUT2D eigenvalue weighted by Gasteiger charge is 2.16. The second kappa shape index (κ2) is 12.9. The van der Waals surface area contributed by atoms with Gasteiger partial charge in [0, 0.05) is 37.9 Å². The van der Waals surface area contributed by atoms with Crippen molar-refractivity contribution in [2.75, 3.05) is 38.8 Å². The van der Waals surface area contributed by atoms with Crippen LogP contribution in [0.2, 0.25) is 0 Å². The van der Waals surface area contributed by atoms with E-state index in [-0.39, 0.29) is 36.6 Å². The highest BCUT2D eigenvalue weighted by Crippen LogP contribution is 2.12. The molecule has 1 saturated heterocycles. The standard InChI is InChI=1S/C20H27N3O6S/c1-27-11-12-29-18(25)9-8-17(24)23-20(30)22-15-6-4-14(5-7-15)19(26)21-13-16-3-2-10-28-16/h4-7,16H,2-3,8-13H2,1H3,(H,21,26)(H2,22,23,24,30). The van der Waals surface area contributed by atoms with Gasteiger partial charge >= 0.3 is 5.97 Å². The largest absolute Gasteiger partial charge is 0.463 e. The van der Waals surface area contributed by atoms with Crippen molar-refractivity contribution in [3.63, 3.8) is 0 Å². The van der Waals surface area contributed by atoms with Crippen LogP contribution >= 0.6 is 12.2 Å². The van der Waals surface area contributed by atoms with Crippen molar-refractivity contribution in [1.82, 2.24) is 10.6 Å². The number of thiocarbonyl (C=S) groups is 1. The van der Waals surface area contributed by atoms with Gasteiger partial charge in [-0.2, -0.15) is 0 Å². The van der Waals surface area contributed by atoms with E-state index in [1.165, 1.54) is 7.11 Å². The zero-order chi connectivity index (χ0) is 21.8. The van der Waals surface area contributed by atoms with Crippen LogP contribution < -0.4 is 16.0 Å². The summed E-state index contributed by atoms with van der Waals surface area (Å²) in [5, 5.41) is 8.31. The summed E-state index contributed by atoms with van der Waals surface area (Å²) >= 11 is 5.10. The highest BCUT2D eigenvalue weighted by atomic mass is 32.1. The zero-order valence-electron chi connectivity index (χ0n) is 16.9. The number of benzene rings is 1. The molecule has 0 aliphatic carbocycles. The Balaban J connectivity index is 1.68. The molecule has 1 aliphatic rings. The first kappa shape index (κ1) is 23.7. The molecule has 1 heterocycles. The Bertz CT molecular complexity index is 735. The van der Waals surface area contributed by atoms with Gasteiger partial charge < -0.3 is 30.2 Å². The van der Waals surface area contributed by atoms with Crippen molar-refractivity contribution < 1.29 is 28.6 Å². The lowest BCUT2D eigenvalue weighted by Gasteiger charge is -2.12. The average Bonchev–Trinajstić information content (AvgIpc) is 3.25. The van der Waals surface area contributed by atoms with E-state index in [1.807, 2.05) is 0 Å². The Morgan fingerprint density at radius 3 is 2.60 bits per heavy atom. The summed E-state index contributed by atoms with van der Waals surface area (Å²) in [6.45, 7) is 1.70. The van der Waals surface area contributed by atoms with Crippen LogP contribution in [0, 0.1) is 0 Å². The normalized spacial score (nSPS) is 15.3. The topological polar surface area (TPSA) is 115 Å². The van der Waals surface area contributed by atoms with Crippen LogP contribution in [0.25, 0.3) is 0 Å². The number of methoxy groups -OCH3 is 1. The molecule has 1 fully saturated rings. The van der Waals surface area contributed by atoms with Gasteiger partial charge in [0.15, 0.2) is 5.11 Å². The smallest absolute Gasteiger partial charge is 0.306 e. The lowest BCUT2D eigenvalue weighted by Crippen LogP contribution is -2.34. The van der Waals surface area contributed by atoms with Gasteiger partial charge in [-0.05, 0) is 49.3 Å². The second-order valence-electron chi connectivity index (χ2n) is 6.64. The van der Waals surface area contributed by atoms with Gasteiger partial charge in [-0.1, -0.05) is 0 Å². The van der Waals surface area contributed by atoms with E-state index < -0.39 is 11.9 Å². The number of nitrogens with one attached hydrogen (secondary N) is 3. The second-order valence-corrected chi connectivity index (χ2v) is 7.05. The Kier molecular flexibility index (Phi) is 10.2. The van der Waals surface area contributed by atoms with Crippen molar-refractivity contribution in [3.8, 4) is 0 Å². The van der Waals surface area contributed by atoms with Gasteiger partial charge in [0.05, 0.1) is 19.1 Å². The average molecular weight is 438 g/mol. The van der Waals surface area contributed by atoms with Crippen molar-refractivity contribution in [2.24, 2.45) is 0 Å². The van der Waals surface area contributed by atoms with Gasteiger partial charge in [0.25, 0.3) is 5.91 Å². The Hall–Kier alpha value is -2.56. The molecule has 0 spiro atoms. The number of esters is 1. The number of amides is 2. The number of ether oxygens (including phenoxy) is 3. The van der Waals surface area contributed by atoms with Crippen LogP contribution in [0.15, 0.2) is 24.3 Å². The van der Waals surface area contributed by atoms with Crippen LogP contribution in [-0.2, 0) is 23.8 Å². The van der Waals surface area contributed by atoms with E-state index in [9.17, 15) is 14.4 Å². The first-order valence-corrected chi connectivity index (χ1v) is 10.1. The minimum atomic E-state index is -0.477. The number of rotatable bonds is 10. The lowest BCUT2D eigenvalue weighted by atomic mass is 10.2. The third-order valence-corrected chi connectivity index (χ3v) is 4.48. The molecule has 1 aliphatic heterocycles. The molecule has 2 rings (SSSR count). The molecular weight excluding hydrogens is 410 g/mol. The fourth-order valence-corrected chi connectivity index (χ4v) is 2.93. The SMILES string of the molecule is COCCOC(=O)CCC(=O)NC(=S)Nc1ccc(C(=O)NCC2CCCO2)cc1. The molecule has 30 heavy (non-hydrogen) atoms. The molecular formula is C20H27N3O6S. The molecule has 0 aromatic heterocycles. The summed E-state index contributed by atoms with van der Waals surface area (Å²) in [5.74, 6) is -1.05. The predicted molar refractivity (Wildman–Crippen MR) is 114 cm³/mol. The summed E-state index contributed by atoms with van der Waals surface area (Å²) in [6, 6.07) is 6.69. The van der Waals surface area contributed by atoms with Crippen LogP contribution in [0.5, 0.6) is 0 Å². The number of hydrogen-bond acceptors (Lipinski definition) is 7. The maximum Gasteiger partial charge on any atom is 0.306 e. The Morgan fingerprint density at radius 1 is 1.17 bits per heavy atom. The van der Waals surface area contributed by atoms with E-state index in [2.05, 4.69) is 16.0 Å². The summed E-state index contributed by atoms with van der Waals surface area (Å²) in [4.78, 5) is 35.5. The van der Waals surface area contributed by atoms with E-state index in [0.29, 0.717) is 24.4 Å². The molecule has 1 atom stereocenters. The quantitative estimate of drug-likeness (QED) is 0.286. The first-order valence-electron chi connectivity index (χ1n) is 9.73. The fraction of sp³-hybridized carbons (Fsp3) is 0.500. The number of carbonyl (C=O) groups is 3. The van der Waals surface area contributed by atoms with Crippen LogP contribution in [-0.4, -0.2) is 62.5 Å². The third kappa shape index (κ3) is 8.85. The fourth-order valence-electron chi connectivity index (χ4n) is 2.70. The number of carbonyl (C=O) groups excluding carboxylic acids is 3. The van der Waals surface area contributed by atoms with Gasteiger partial charge in [0.1, 0.15) is 6.61 Å². The van der Waals surface area contributed by atoms with Crippen LogP contribution in [0.1, 0.15) is 36.0 Å². The zero-order valence-corrected chi connectivity index (χ0v) is 17.7. The van der Waals surface area contributed by atoms with Gasteiger partial charge in [0.2, 0.25) is 5.91 Å². The maximum absolute atomic E-state index is 12.2. The van der Waals surface area contributed by atoms with E-state index in [1.54, 1.807) is 24.3 Å². The summed E-state index contributed by atoms with van der Waals surface area (Å²) < 4.78 is 15.1. The van der Waals surface area contributed by atoms with Crippen molar-refractivity contribution in [2.45, 2.75) is 31.8 Å². The molecule has 1 aromatic carbocycles. The van der Waals surface area contributed by atoms with Gasteiger partial charge in [-0.3, -0.25) is 14.4 Å². The van der Waals surface area contributed by atoms with E-state index in [0.717, 1.165) is 19.4 Å². The molecule has 9 nitrogen and oxygen atoms in total. The minimum absolute atomic E-state index is 0.0442. The van der Waals surface area contributed by atoms with Gasteiger partial charge in [-0.25, -0.2) is 0 Å². The minimum Gasteiger partial charge on any atom is -0.463 e. The highest BCUT2D eigenvalue weighted by molar-refractivity contribution is 7.80. The van der Waals surface area contributed by atoms with E-state index in [4.69, 9.17) is 26.4 Å². The van der Waals surface area contributed by atoms with E-state index >= 15 is 0 Å². The third-order valence-electron chi connectivity index (χ3n) is 4.28. The van der Waals surface area contributed by atoms with Crippen LogP contribution in [0.3, 0.4) is 0 Å². The number of hydrogen-bond donors (Lipinski definition) is 3. The molecule has 10 heteroatoms. The molecule has 1 unspecified atom stereocenters. The molecule has 0 radical (unpaired) electrons. The first-order chi connectivity index (χ1) is 14.5. The molecule has 0 saturated carbocycles. The summed E-state index contributed by atoms with van der Waals surface area (Å²) in [5.41, 5.74) is 1.13. The predicted octanol–water partition coefficient (Wildman–Crippen LogP) is 1.38. The molecule has 3 N–H and O–H groups in total. The van der Waals surface area contributed by atoms with Crippen molar-refractivity contribution >= 4 is 40.8 Å². The monoisotopic (exact) mass is 437 g/mol. The number of anilines is 1. The molecule has 0 bridgehead atoms. The van der Waals surface area contributed by atoms with Crippen molar-refractivity contribution in [3.05, 3.63) is 29.8 Å². The van der Waals surface area contributed by atoms with Crippen molar-refractivity contribution in [1.29, 1.82) is 0 Å². The summed E-state index contributed by atoms with van der Waals surface area (Å²) in [7, 11) is 1.50.